The summed E-state index contributed by atoms with van der Waals surface area (Å²) in [6.45, 7) is 2.10. The predicted octanol–water partition coefficient (Wildman–Crippen LogP) is 4.71. The first-order valence-electron chi connectivity index (χ1n) is 8.87. The van der Waals surface area contributed by atoms with Crippen LogP contribution in [0.25, 0.3) is 11.1 Å². The van der Waals surface area contributed by atoms with E-state index in [1.807, 2.05) is 42.5 Å². The minimum Gasteiger partial charge on any atom is -0.462 e. The first-order chi connectivity index (χ1) is 13.2. The fraction of sp³-hybridized carbons (Fsp3) is 0.130. The molecule has 0 radical (unpaired) electrons. The number of amides is 1. The lowest BCUT2D eigenvalue weighted by atomic mass is 10.0. The molecule has 3 rings (SSSR count). The molecule has 1 amide bonds. The molecule has 0 saturated carbocycles. The summed E-state index contributed by atoms with van der Waals surface area (Å²) in [5.41, 5.74) is 4.32. The molecule has 0 saturated heterocycles. The summed E-state index contributed by atoms with van der Waals surface area (Å²) >= 11 is 0. The highest BCUT2D eigenvalue weighted by molar-refractivity contribution is 5.94. The Labute approximate surface area is 158 Å². The van der Waals surface area contributed by atoms with Crippen molar-refractivity contribution in [3.05, 3.63) is 90.0 Å². The Morgan fingerprint density at radius 1 is 0.815 bits per heavy atom. The van der Waals surface area contributed by atoms with E-state index in [0.717, 1.165) is 16.7 Å². The third-order valence-electron chi connectivity index (χ3n) is 4.11. The molecule has 4 heteroatoms. The number of esters is 1. The molecule has 4 nitrogen and oxygen atoms in total. The molecule has 0 unspecified atom stereocenters. The number of carbonyl (C=O) groups excluding carboxylic acids is 2. The van der Waals surface area contributed by atoms with Crippen molar-refractivity contribution in [2.75, 3.05) is 11.9 Å². The molecule has 0 aliphatic heterocycles. The van der Waals surface area contributed by atoms with Crippen molar-refractivity contribution in [1.29, 1.82) is 0 Å². The van der Waals surface area contributed by atoms with Gasteiger partial charge in [-0.1, -0.05) is 54.6 Å². The molecule has 0 aliphatic rings. The molecule has 0 aliphatic carbocycles. The maximum Gasteiger partial charge on any atom is 0.338 e. The maximum absolute atomic E-state index is 12.3. The van der Waals surface area contributed by atoms with Crippen molar-refractivity contribution in [3.63, 3.8) is 0 Å². The third kappa shape index (κ3) is 5.05. The van der Waals surface area contributed by atoms with Gasteiger partial charge in [-0.2, -0.15) is 0 Å². The van der Waals surface area contributed by atoms with Crippen molar-refractivity contribution in [3.8, 4) is 11.1 Å². The lowest BCUT2D eigenvalue weighted by molar-refractivity contribution is -0.115. The molecular weight excluding hydrogens is 338 g/mol. The van der Waals surface area contributed by atoms with Gasteiger partial charge in [0.25, 0.3) is 0 Å². The second-order valence-electron chi connectivity index (χ2n) is 6.09. The summed E-state index contributed by atoms with van der Waals surface area (Å²) in [4.78, 5) is 23.9. The van der Waals surface area contributed by atoms with Gasteiger partial charge in [0.2, 0.25) is 5.91 Å². The average molecular weight is 359 g/mol. The zero-order valence-electron chi connectivity index (χ0n) is 15.1. The molecule has 0 bridgehead atoms. The average Bonchev–Trinajstić information content (AvgIpc) is 2.70. The van der Waals surface area contributed by atoms with Crippen LogP contribution in [-0.2, 0) is 16.0 Å². The largest absolute Gasteiger partial charge is 0.462 e. The molecule has 0 atom stereocenters. The van der Waals surface area contributed by atoms with E-state index in [4.69, 9.17) is 4.74 Å². The number of ether oxygens (including phenoxy) is 1. The van der Waals surface area contributed by atoms with Crippen molar-refractivity contribution in [1.82, 2.24) is 0 Å². The van der Waals surface area contributed by atoms with Gasteiger partial charge in [0, 0.05) is 5.69 Å². The number of nitrogens with one attached hydrogen (secondary N) is 1. The molecule has 1 N–H and O–H groups in total. The van der Waals surface area contributed by atoms with Crippen LogP contribution in [0.3, 0.4) is 0 Å². The van der Waals surface area contributed by atoms with Crippen molar-refractivity contribution >= 4 is 17.6 Å². The topological polar surface area (TPSA) is 55.4 Å². The van der Waals surface area contributed by atoms with E-state index >= 15 is 0 Å². The van der Waals surface area contributed by atoms with E-state index < -0.39 is 0 Å². The Morgan fingerprint density at radius 2 is 1.44 bits per heavy atom. The standard InChI is InChI=1S/C23H21NO3/c1-2-27-23(26)20-12-14-21(15-13-20)24-22(25)16-17-8-10-19(11-9-17)18-6-4-3-5-7-18/h3-15H,2,16H2,1H3,(H,24,25). The van der Waals surface area contributed by atoms with Gasteiger partial charge in [0.05, 0.1) is 18.6 Å². The van der Waals surface area contributed by atoms with Gasteiger partial charge in [-0.3, -0.25) is 4.79 Å². The van der Waals surface area contributed by atoms with Crippen molar-refractivity contribution < 1.29 is 14.3 Å². The van der Waals surface area contributed by atoms with Gasteiger partial charge in [-0.05, 0) is 47.9 Å². The van der Waals surface area contributed by atoms with Crippen LogP contribution in [0.5, 0.6) is 0 Å². The Balaban J connectivity index is 1.58. The number of hydrogen-bond acceptors (Lipinski definition) is 3. The smallest absolute Gasteiger partial charge is 0.338 e. The summed E-state index contributed by atoms with van der Waals surface area (Å²) in [6, 6.07) is 24.8. The summed E-state index contributed by atoms with van der Waals surface area (Å²) in [7, 11) is 0. The summed E-state index contributed by atoms with van der Waals surface area (Å²) in [5.74, 6) is -0.472. The molecule has 3 aromatic rings. The zero-order valence-corrected chi connectivity index (χ0v) is 15.1. The normalized spacial score (nSPS) is 10.3. The highest BCUT2D eigenvalue weighted by Gasteiger charge is 2.08. The van der Waals surface area contributed by atoms with Crippen molar-refractivity contribution in [2.24, 2.45) is 0 Å². The van der Waals surface area contributed by atoms with Gasteiger partial charge in [0.15, 0.2) is 0 Å². The summed E-state index contributed by atoms with van der Waals surface area (Å²) in [6.07, 6.45) is 0.286. The number of rotatable bonds is 6. The Hall–Kier alpha value is -3.40. The molecule has 0 aromatic heterocycles. The number of hydrogen-bond donors (Lipinski definition) is 1. The van der Waals surface area contributed by atoms with E-state index in [-0.39, 0.29) is 18.3 Å². The highest BCUT2D eigenvalue weighted by atomic mass is 16.5. The van der Waals surface area contributed by atoms with Crippen LogP contribution in [-0.4, -0.2) is 18.5 Å². The molecular formula is C23H21NO3. The van der Waals surface area contributed by atoms with E-state index in [0.29, 0.717) is 17.9 Å². The summed E-state index contributed by atoms with van der Waals surface area (Å²) < 4.78 is 4.94. The van der Waals surface area contributed by atoms with Crippen molar-refractivity contribution in [2.45, 2.75) is 13.3 Å². The fourth-order valence-electron chi connectivity index (χ4n) is 2.74. The van der Waals surface area contributed by atoms with Gasteiger partial charge < -0.3 is 10.1 Å². The Bertz CT molecular complexity index is 901. The number of benzene rings is 3. The van der Waals surface area contributed by atoms with Crippen LogP contribution < -0.4 is 5.32 Å². The van der Waals surface area contributed by atoms with Crippen LogP contribution in [0.2, 0.25) is 0 Å². The van der Waals surface area contributed by atoms with Crippen LogP contribution >= 0.6 is 0 Å². The summed E-state index contributed by atoms with van der Waals surface area (Å²) in [5, 5.41) is 2.84. The van der Waals surface area contributed by atoms with E-state index in [1.165, 1.54) is 0 Å². The Kier molecular flexibility index (Phi) is 6.00. The highest BCUT2D eigenvalue weighted by Crippen LogP contribution is 2.19. The molecule has 0 fully saturated rings. The minimum absolute atomic E-state index is 0.105. The zero-order chi connectivity index (χ0) is 19.1. The monoisotopic (exact) mass is 359 g/mol. The SMILES string of the molecule is CCOC(=O)c1ccc(NC(=O)Cc2ccc(-c3ccccc3)cc2)cc1. The second-order valence-corrected chi connectivity index (χ2v) is 6.09. The van der Waals surface area contributed by atoms with Gasteiger partial charge >= 0.3 is 5.97 Å². The van der Waals surface area contributed by atoms with E-state index in [9.17, 15) is 9.59 Å². The molecule has 136 valence electrons. The van der Waals surface area contributed by atoms with Gasteiger partial charge in [-0.25, -0.2) is 4.79 Å². The molecule has 0 spiro atoms. The van der Waals surface area contributed by atoms with E-state index in [2.05, 4.69) is 17.4 Å². The first kappa shape index (κ1) is 18.4. The van der Waals surface area contributed by atoms with Crippen LogP contribution in [0.1, 0.15) is 22.8 Å². The van der Waals surface area contributed by atoms with E-state index in [1.54, 1.807) is 31.2 Å². The number of carbonyl (C=O) groups is 2. The fourth-order valence-corrected chi connectivity index (χ4v) is 2.74. The quantitative estimate of drug-likeness (QED) is 0.649. The van der Waals surface area contributed by atoms with Crippen LogP contribution in [0.15, 0.2) is 78.9 Å². The number of anilines is 1. The van der Waals surface area contributed by atoms with Gasteiger partial charge in [0.1, 0.15) is 0 Å². The lowest BCUT2D eigenvalue weighted by Gasteiger charge is -2.07. The lowest BCUT2D eigenvalue weighted by Crippen LogP contribution is -2.14. The van der Waals surface area contributed by atoms with Crippen LogP contribution in [0.4, 0.5) is 5.69 Å². The Morgan fingerprint density at radius 3 is 2.07 bits per heavy atom. The minimum atomic E-state index is -0.367. The maximum atomic E-state index is 12.3. The molecule has 0 heterocycles. The predicted molar refractivity (Wildman–Crippen MR) is 107 cm³/mol. The van der Waals surface area contributed by atoms with Crippen LogP contribution in [0, 0.1) is 0 Å². The molecule has 3 aromatic carbocycles. The second kappa shape index (κ2) is 8.81. The first-order valence-corrected chi connectivity index (χ1v) is 8.87. The third-order valence-corrected chi connectivity index (χ3v) is 4.11. The van der Waals surface area contributed by atoms with Gasteiger partial charge in [-0.15, -0.1) is 0 Å². The molecule has 27 heavy (non-hydrogen) atoms.